The van der Waals surface area contributed by atoms with Crippen molar-refractivity contribution in [2.75, 3.05) is 50.7 Å². The third-order valence-electron chi connectivity index (χ3n) is 4.23. The highest BCUT2D eigenvalue weighted by Crippen LogP contribution is 2.25. The van der Waals surface area contributed by atoms with Crippen LogP contribution in [0.5, 0.6) is 11.5 Å². The van der Waals surface area contributed by atoms with Crippen molar-refractivity contribution in [3.8, 4) is 11.5 Å². The molecule has 0 atom stereocenters. The predicted molar refractivity (Wildman–Crippen MR) is 105 cm³/mol. The van der Waals surface area contributed by atoms with E-state index in [9.17, 15) is 4.79 Å². The van der Waals surface area contributed by atoms with E-state index in [1.54, 1.807) is 32.4 Å². The number of amides is 2. The number of aromatic nitrogens is 2. The van der Waals surface area contributed by atoms with Crippen molar-refractivity contribution in [1.29, 1.82) is 0 Å². The smallest absolute Gasteiger partial charge is 0.319 e. The molecule has 0 aliphatic carbocycles. The Labute approximate surface area is 164 Å². The van der Waals surface area contributed by atoms with E-state index in [-0.39, 0.29) is 12.6 Å². The molecule has 28 heavy (non-hydrogen) atoms. The minimum absolute atomic E-state index is 0.285. The monoisotopic (exact) mass is 387 g/mol. The zero-order chi connectivity index (χ0) is 19.9. The molecule has 9 nitrogen and oxygen atoms in total. The number of hydrogen-bond donors (Lipinski definition) is 2. The highest BCUT2D eigenvalue weighted by atomic mass is 16.5. The average Bonchev–Trinajstić information content (AvgIpc) is 2.72. The second-order valence-electron chi connectivity index (χ2n) is 6.31. The molecule has 0 unspecified atom stereocenters. The number of anilines is 2. The minimum atomic E-state index is -0.348. The molecule has 0 radical (unpaired) electrons. The molecule has 1 aliphatic rings. The highest BCUT2D eigenvalue weighted by Gasteiger charge is 2.15. The van der Waals surface area contributed by atoms with Crippen molar-refractivity contribution < 1.29 is 19.0 Å². The second kappa shape index (κ2) is 9.23. The van der Waals surface area contributed by atoms with Crippen LogP contribution in [-0.4, -0.2) is 56.5 Å². The Kier molecular flexibility index (Phi) is 6.49. The van der Waals surface area contributed by atoms with E-state index in [1.165, 1.54) is 0 Å². The summed E-state index contributed by atoms with van der Waals surface area (Å²) in [5.74, 6) is 1.85. The van der Waals surface area contributed by atoms with Crippen molar-refractivity contribution in [2.45, 2.75) is 13.5 Å². The Bertz CT molecular complexity index is 802. The molecule has 9 heteroatoms. The number of nitrogens with zero attached hydrogens (tertiary/aromatic N) is 3. The van der Waals surface area contributed by atoms with Gasteiger partial charge < -0.3 is 29.7 Å². The van der Waals surface area contributed by atoms with Crippen LogP contribution in [0.4, 0.5) is 16.4 Å². The van der Waals surface area contributed by atoms with Crippen molar-refractivity contribution in [3.63, 3.8) is 0 Å². The molecule has 1 aromatic carbocycles. The molecule has 3 rings (SSSR count). The van der Waals surface area contributed by atoms with Crippen LogP contribution in [0.3, 0.4) is 0 Å². The number of carbonyl (C=O) groups is 1. The first-order valence-electron chi connectivity index (χ1n) is 9.02. The molecule has 1 saturated heterocycles. The van der Waals surface area contributed by atoms with Gasteiger partial charge in [-0.1, -0.05) is 0 Å². The molecular formula is C19H25N5O4. The van der Waals surface area contributed by atoms with E-state index >= 15 is 0 Å². The molecular weight excluding hydrogens is 362 g/mol. The number of methoxy groups -OCH3 is 2. The Balaban J connectivity index is 1.62. The van der Waals surface area contributed by atoms with E-state index in [1.807, 2.05) is 13.0 Å². The normalized spacial score (nSPS) is 13.8. The first kappa shape index (κ1) is 19.7. The summed E-state index contributed by atoms with van der Waals surface area (Å²) < 4.78 is 15.8. The van der Waals surface area contributed by atoms with E-state index < -0.39 is 0 Å². The third kappa shape index (κ3) is 5.23. The van der Waals surface area contributed by atoms with Crippen LogP contribution in [-0.2, 0) is 11.3 Å². The molecule has 0 bridgehead atoms. The van der Waals surface area contributed by atoms with E-state index in [2.05, 4.69) is 25.5 Å². The Hall–Kier alpha value is -3.07. The number of morpholine rings is 1. The van der Waals surface area contributed by atoms with E-state index in [0.717, 1.165) is 24.5 Å². The Morgan fingerprint density at radius 2 is 1.79 bits per heavy atom. The van der Waals surface area contributed by atoms with Crippen LogP contribution < -0.4 is 25.0 Å². The van der Waals surface area contributed by atoms with Gasteiger partial charge in [-0.05, 0) is 13.0 Å². The fourth-order valence-corrected chi connectivity index (χ4v) is 2.84. The number of carbonyl (C=O) groups excluding carboxylic acids is 1. The summed E-state index contributed by atoms with van der Waals surface area (Å²) in [6, 6.07) is 6.68. The maximum Gasteiger partial charge on any atom is 0.319 e. The maximum absolute atomic E-state index is 12.3. The summed E-state index contributed by atoms with van der Waals surface area (Å²) in [6.45, 7) is 5.04. The fourth-order valence-electron chi connectivity index (χ4n) is 2.84. The zero-order valence-electron chi connectivity index (χ0n) is 16.3. The standard InChI is InChI=1S/C19H25N5O4/c1-13-8-15(22-18(21-13)24-4-6-28-7-5-24)12-20-19(25)23-14-9-16(26-2)11-17(10-14)27-3/h8-11H,4-7,12H2,1-3H3,(H2,20,23,25). The van der Waals surface area contributed by atoms with Crippen molar-refractivity contribution in [3.05, 3.63) is 35.7 Å². The molecule has 2 heterocycles. The van der Waals surface area contributed by atoms with Crippen molar-refractivity contribution in [2.24, 2.45) is 0 Å². The van der Waals surface area contributed by atoms with Gasteiger partial charge in [0.2, 0.25) is 5.95 Å². The van der Waals surface area contributed by atoms with Gasteiger partial charge in [0.1, 0.15) is 11.5 Å². The van der Waals surface area contributed by atoms with Gasteiger partial charge in [0.15, 0.2) is 0 Å². The first-order valence-corrected chi connectivity index (χ1v) is 9.02. The van der Waals surface area contributed by atoms with Gasteiger partial charge in [-0.2, -0.15) is 0 Å². The van der Waals surface area contributed by atoms with Gasteiger partial charge in [-0.3, -0.25) is 0 Å². The Morgan fingerprint density at radius 1 is 1.11 bits per heavy atom. The first-order chi connectivity index (χ1) is 13.6. The molecule has 2 N–H and O–H groups in total. The minimum Gasteiger partial charge on any atom is -0.497 e. The molecule has 1 aromatic heterocycles. The molecule has 150 valence electrons. The van der Waals surface area contributed by atoms with E-state index in [0.29, 0.717) is 36.3 Å². The van der Waals surface area contributed by atoms with Crippen LogP contribution in [0.1, 0.15) is 11.4 Å². The molecule has 0 spiro atoms. The SMILES string of the molecule is COc1cc(NC(=O)NCc2cc(C)nc(N3CCOCC3)n2)cc(OC)c1. The fraction of sp³-hybridized carbons (Fsp3) is 0.421. The van der Waals surface area contributed by atoms with Crippen molar-refractivity contribution in [1.82, 2.24) is 15.3 Å². The zero-order valence-corrected chi connectivity index (χ0v) is 16.3. The molecule has 2 amide bonds. The lowest BCUT2D eigenvalue weighted by molar-refractivity contribution is 0.122. The van der Waals surface area contributed by atoms with Gasteiger partial charge >= 0.3 is 6.03 Å². The van der Waals surface area contributed by atoms with Crippen LogP contribution in [0.2, 0.25) is 0 Å². The highest BCUT2D eigenvalue weighted by molar-refractivity contribution is 5.89. The van der Waals surface area contributed by atoms with Crippen LogP contribution in [0.25, 0.3) is 0 Å². The summed E-state index contributed by atoms with van der Waals surface area (Å²) in [4.78, 5) is 23.4. The van der Waals surface area contributed by atoms with Crippen molar-refractivity contribution >= 4 is 17.7 Å². The number of nitrogens with one attached hydrogen (secondary N) is 2. The summed E-state index contributed by atoms with van der Waals surface area (Å²) in [5.41, 5.74) is 2.17. The van der Waals surface area contributed by atoms with Crippen LogP contribution in [0.15, 0.2) is 24.3 Å². The summed E-state index contributed by atoms with van der Waals surface area (Å²) in [6.07, 6.45) is 0. The lowest BCUT2D eigenvalue weighted by Crippen LogP contribution is -2.37. The number of benzene rings is 1. The molecule has 2 aromatic rings. The number of rotatable bonds is 6. The number of urea groups is 1. The van der Waals surface area contributed by atoms with Gasteiger partial charge in [-0.15, -0.1) is 0 Å². The lowest BCUT2D eigenvalue weighted by atomic mass is 10.3. The third-order valence-corrected chi connectivity index (χ3v) is 4.23. The Morgan fingerprint density at radius 3 is 2.43 bits per heavy atom. The van der Waals surface area contributed by atoms with E-state index in [4.69, 9.17) is 14.2 Å². The largest absolute Gasteiger partial charge is 0.497 e. The molecule has 1 aliphatic heterocycles. The van der Waals surface area contributed by atoms with Gasteiger partial charge in [0, 0.05) is 42.7 Å². The summed E-state index contributed by atoms with van der Waals surface area (Å²) >= 11 is 0. The maximum atomic E-state index is 12.3. The predicted octanol–water partition coefficient (Wildman–Crippen LogP) is 1.96. The van der Waals surface area contributed by atoms with Crippen LogP contribution in [0, 0.1) is 6.92 Å². The van der Waals surface area contributed by atoms with Gasteiger partial charge in [-0.25, -0.2) is 14.8 Å². The number of ether oxygens (including phenoxy) is 3. The summed E-state index contributed by atoms with van der Waals surface area (Å²) in [5, 5.41) is 5.59. The lowest BCUT2D eigenvalue weighted by Gasteiger charge is -2.27. The number of hydrogen-bond acceptors (Lipinski definition) is 7. The summed E-state index contributed by atoms with van der Waals surface area (Å²) in [7, 11) is 3.12. The van der Waals surface area contributed by atoms with Crippen LogP contribution >= 0.6 is 0 Å². The number of aryl methyl sites for hydroxylation is 1. The molecule has 1 fully saturated rings. The quantitative estimate of drug-likeness (QED) is 0.782. The van der Waals surface area contributed by atoms with Gasteiger partial charge in [0.25, 0.3) is 0 Å². The molecule has 0 saturated carbocycles. The second-order valence-corrected chi connectivity index (χ2v) is 6.31. The van der Waals surface area contributed by atoms with Gasteiger partial charge in [0.05, 0.1) is 39.7 Å². The topological polar surface area (TPSA) is 97.8 Å². The average molecular weight is 387 g/mol.